The van der Waals surface area contributed by atoms with Crippen LogP contribution in [0.15, 0.2) is 53.5 Å². The molecule has 8 heteroatoms. The highest BCUT2D eigenvalue weighted by molar-refractivity contribution is 7.20. The van der Waals surface area contributed by atoms with Crippen molar-refractivity contribution >= 4 is 28.2 Å². The van der Waals surface area contributed by atoms with Gasteiger partial charge in [-0.15, -0.1) is 11.3 Å². The number of rotatable bonds is 6. The van der Waals surface area contributed by atoms with Crippen LogP contribution >= 0.6 is 11.3 Å². The van der Waals surface area contributed by atoms with Gasteiger partial charge in [0.15, 0.2) is 5.75 Å². The van der Waals surface area contributed by atoms with Gasteiger partial charge in [0.2, 0.25) is 11.3 Å². The molecule has 0 bridgehead atoms. The molecule has 0 unspecified atom stereocenters. The number of aromatic nitrogens is 1. The fourth-order valence-corrected chi connectivity index (χ4v) is 3.81. The van der Waals surface area contributed by atoms with E-state index in [1.165, 1.54) is 28.2 Å². The van der Waals surface area contributed by atoms with Crippen molar-refractivity contribution in [3.8, 4) is 16.2 Å². The molecule has 3 aromatic rings. The number of thiophene rings is 1. The number of pyridine rings is 1. The van der Waals surface area contributed by atoms with Crippen LogP contribution in [0.4, 0.5) is 5.00 Å². The zero-order chi connectivity index (χ0) is 21.0. The number of benzene rings is 1. The van der Waals surface area contributed by atoms with E-state index in [4.69, 9.17) is 4.74 Å². The van der Waals surface area contributed by atoms with Crippen LogP contribution in [0.1, 0.15) is 23.0 Å². The van der Waals surface area contributed by atoms with Crippen LogP contribution in [0.25, 0.3) is 10.4 Å². The number of aromatic hydroxyl groups is 1. The zero-order valence-corrected chi connectivity index (χ0v) is 16.8. The van der Waals surface area contributed by atoms with Crippen molar-refractivity contribution in [1.29, 1.82) is 0 Å². The van der Waals surface area contributed by atoms with E-state index in [0.717, 1.165) is 10.4 Å². The Morgan fingerprint density at radius 2 is 1.93 bits per heavy atom. The molecule has 7 nitrogen and oxygen atoms in total. The molecule has 0 saturated heterocycles. The molecule has 2 N–H and O–H groups in total. The second kappa shape index (κ2) is 8.74. The van der Waals surface area contributed by atoms with Crippen molar-refractivity contribution in [2.75, 3.05) is 11.9 Å². The molecule has 1 amide bonds. The van der Waals surface area contributed by atoms with Crippen LogP contribution in [0.2, 0.25) is 0 Å². The number of amides is 1. The average Bonchev–Trinajstić information content (AvgIpc) is 3.13. The van der Waals surface area contributed by atoms with E-state index in [1.54, 1.807) is 19.9 Å². The minimum Gasteiger partial charge on any atom is -0.503 e. The number of nitrogens with one attached hydrogen (secondary N) is 1. The maximum atomic E-state index is 12.6. The number of hydrogen-bond donors (Lipinski definition) is 2. The summed E-state index contributed by atoms with van der Waals surface area (Å²) < 4.78 is 6.57. The van der Waals surface area contributed by atoms with E-state index < -0.39 is 23.1 Å². The largest absolute Gasteiger partial charge is 0.503 e. The summed E-state index contributed by atoms with van der Waals surface area (Å²) in [5.74, 6) is -1.31. The van der Waals surface area contributed by atoms with E-state index in [-0.39, 0.29) is 24.4 Å². The lowest BCUT2D eigenvalue weighted by Gasteiger charge is -2.11. The minimum absolute atomic E-state index is 0.124. The number of carbonyl (C=O) groups is 2. The van der Waals surface area contributed by atoms with Gasteiger partial charge in [0.05, 0.1) is 17.9 Å². The van der Waals surface area contributed by atoms with Gasteiger partial charge in [-0.3, -0.25) is 9.59 Å². The third-order valence-corrected chi connectivity index (χ3v) is 5.36. The maximum Gasteiger partial charge on any atom is 0.341 e. The van der Waals surface area contributed by atoms with Crippen LogP contribution in [-0.2, 0) is 16.1 Å². The molecule has 0 radical (unpaired) electrons. The Hall–Kier alpha value is -3.39. The van der Waals surface area contributed by atoms with E-state index in [0.29, 0.717) is 5.00 Å². The van der Waals surface area contributed by atoms with Crippen molar-refractivity contribution in [1.82, 2.24) is 4.57 Å². The van der Waals surface area contributed by atoms with Crippen molar-refractivity contribution < 1.29 is 19.4 Å². The molecule has 29 heavy (non-hydrogen) atoms. The molecule has 2 aromatic heterocycles. The average molecular weight is 412 g/mol. The van der Waals surface area contributed by atoms with Gasteiger partial charge >= 0.3 is 5.97 Å². The lowest BCUT2D eigenvalue weighted by Crippen LogP contribution is -2.22. The molecule has 0 atom stereocenters. The molecule has 0 aliphatic rings. The summed E-state index contributed by atoms with van der Waals surface area (Å²) in [6.07, 6.45) is 1.44. The fraction of sp³-hybridized carbons (Fsp3) is 0.190. The minimum atomic E-state index is -0.515. The van der Waals surface area contributed by atoms with Gasteiger partial charge in [-0.25, -0.2) is 4.79 Å². The van der Waals surface area contributed by atoms with E-state index in [1.807, 2.05) is 30.3 Å². The lowest BCUT2D eigenvalue weighted by molar-refractivity contribution is -0.116. The van der Waals surface area contributed by atoms with E-state index in [2.05, 4.69) is 5.32 Å². The summed E-state index contributed by atoms with van der Waals surface area (Å²) in [4.78, 5) is 37.2. The van der Waals surface area contributed by atoms with Crippen LogP contribution < -0.4 is 10.7 Å². The van der Waals surface area contributed by atoms with Gasteiger partial charge in [-0.2, -0.15) is 0 Å². The third kappa shape index (κ3) is 4.55. The zero-order valence-electron chi connectivity index (χ0n) is 16.0. The predicted octanol–water partition coefficient (Wildman–Crippen LogP) is 3.41. The Bertz CT molecular complexity index is 1100. The number of esters is 1. The van der Waals surface area contributed by atoms with Gasteiger partial charge in [0.25, 0.3) is 0 Å². The highest BCUT2D eigenvalue weighted by Crippen LogP contribution is 2.36. The first-order chi connectivity index (χ1) is 13.9. The lowest BCUT2D eigenvalue weighted by atomic mass is 10.1. The Kier molecular flexibility index (Phi) is 6.13. The van der Waals surface area contributed by atoms with E-state index >= 15 is 0 Å². The predicted molar refractivity (Wildman–Crippen MR) is 111 cm³/mol. The van der Waals surface area contributed by atoms with Crippen LogP contribution in [0, 0.1) is 6.92 Å². The number of ether oxygens (including phenoxy) is 1. The van der Waals surface area contributed by atoms with Crippen molar-refractivity contribution in [2.45, 2.75) is 20.4 Å². The van der Waals surface area contributed by atoms with Gasteiger partial charge < -0.3 is 19.7 Å². The summed E-state index contributed by atoms with van der Waals surface area (Å²) in [7, 11) is 0. The second-order valence-electron chi connectivity index (χ2n) is 6.23. The van der Waals surface area contributed by atoms with Gasteiger partial charge in [0.1, 0.15) is 11.5 Å². The molecule has 0 aliphatic heterocycles. The van der Waals surface area contributed by atoms with Gasteiger partial charge in [-0.1, -0.05) is 30.3 Å². The monoisotopic (exact) mass is 412 g/mol. The SMILES string of the molecule is CCOC(=O)c1cc(-c2ccccc2)sc1NC(=O)Cn1ccc(=O)c(O)c1C. The molecule has 2 heterocycles. The van der Waals surface area contributed by atoms with Gasteiger partial charge in [0, 0.05) is 17.1 Å². The summed E-state index contributed by atoms with van der Waals surface area (Å²) in [5, 5.41) is 12.9. The molecule has 0 saturated carbocycles. The normalized spacial score (nSPS) is 10.6. The molecule has 3 rings (SSSR count). The molecule has 0 fully saturated rings. The van der Waals surface area contributed by atoms with Crippen LogP contribution in [0.5, 0.6) is 5.75 Å². The van der Waals surface area contributed by atoms with Crippen molar-refractivity contribution in [3.63, 3.8) is 0 Å². The highest BCUT2D eigenvalue weighted by atomic mass is 32.1. The number of carbonyl (C=O) groups excluding carboxylic acids is 2. The first-order valence-electron chi connectivity index (χ1n) is 8.96. The summed E-state index contributed by atoms with van der Waals surface area (Å²) in [5.41, 5.74) is 0.984. The van der Waals surface area contributed by atoms with Gasteiger partial charge in [-0.05, 0) is 25.5 Å². The smallest absolute Gasteiger partial charge is 0.341 e. The summed E-state index contributed by atoms with van der Waals surface area (Å²) >= 11 is 1.27. The Morgan fingerprint density at radius 1 is 1.21 bits per heavy atom. The first kappa shape index (κ1) is 20.3. The molecule has 1 aromatic carbocycles. The molecule has 0 aliphatic carbocycles. The highest BCUT2D eigenvalue weighted by Gasteiger charge is 2.20. The molecule has 150 valence electrons. The summed E-state index contributed by atoms with van der Waals surface area (Å²) in [6, 6.07) is 12.4. The Labute approximate surface area is 171 Å². The van der Waals surface area contributed by atoms with Crippen LogP contribution in [-0.4, -0.2) is 28.2 Å². The molecule has 0 spiro atoms. The standard InChI is InChI=1S/C21H20N2O5S/c1-3-28-21(27)15-11-17(14-7-5-4-6-8-14)29-20(15)22-18(25)12-23-10-9-16(24)19(26)13(23)2/h4-11,26H,3,12H2,1-2H3,(H,22,25). The quantitative estimate of drug-likeness (QED) is 0.605. The van der Waals surface area contributed by atoms with Crippen LogP contribution in [0.3, 0.4) is 0 Å². The first-order valence-corrected chi connectivity index (χ1v) is 9.77. The fourth-order valence-electron chi connectivity index (χ4n) is 2.74. The van der Waals surface area contributed by atoms with E-state index in [9.17, 15) is 19.5 Å². The number of nitrogens with zero attached hydrogens (tertiary/aromatic N) is 1. The number of hydrogen-bond acceptors (Lipinski definition) is 6. The molecular formula is C21H20N2O5S. The Morgan fingerprint density at radius 3 is 2.62 bits per heavy atom. The topological polar surface area (TPSA) is 97.6 Å². The maximum absolute atomic E-state index is 12.6. The van der Waals surface area contributed by atoms with Crippen molar-refractivity contribution in [2.24, 2.45) is 0 Å². The third-order valence-electron chi connectivity index (χ3n) is 4.27. The van der Waals surface area contributed by atoms with Crippen molar-refractivity contribution in [3.05, 3.63) is 70.1 Å². The Balaban J connectivity index is 1.88. The molecular weight excluding hydrogens is 392 g/mol. The summed E-state index contributed by atoms with van der Waals surface area (Å²) in [6.45, 7) is 3.36. The second-order valence-corrected chi connectivity index (χ2v) is 7.28. The number of anilines is 1.